The maximum atomic E-state index is 13.2. The summed E-state index contributed by atoms with van der Waals surface area (Å²) < 4.78 is 5.63. The van der Waals surface area contributed by atoms with Crippen molar-refractivity contribution in [1.82, 2.24) is 20.0 Å². The Kier molecular flexibility index (Phi) is 5.48. The van der Waals surface area contributed by atoms with Crippen molar-refractivity contribution in [1.29, 1.82) is 0 Å². The van der Waals surface area contributed by atoms with Gasteiger partial charge in [0.05, 0.1) is 11.8 Å². The number of piperidine rings is 1. The molecule has 31 heavy (non-hydrogen) atoms. The molecule has 2 fully saturated rings. The summed E-state index contributed by atoms with van der Waals surface area (Å²) in [6, 6.07) is 11.3. The van der Waals surface area contributed by atoms with Crippen molar-refractivity contribution >= 4 is 17.5 Å². The van der Waals surface area contributed by atoms with Gasteiger partial charge in [0.2, 0.25) is 5.91 Å². The molecule has 0 bridgehead atoms. The summed E-state index contributed by atoms with van der Waals surface area (Å²) in [6.45, 7) is 1.38. The monoisotopic (exact) mass is 436 g/mol. The van der Waals surface area contributed by atoms with Gasteiger partial charge in [-0.15, -0.1) is 0 Å². The molecule has 1 aliphatic carbocycles. The lowest BCUT2D eigenvalue weighted by Gasteiger charge is -2.41. The number of rotatable bonds is 6. The minimum atomic E-state index is -0.260. The van der Waals surface area contributed by atoms with E-state index in [-0.39, 0.29) is 11.3 Å². The number of carbonyl (C=O) groups excluding carboxylic acids is 1. The van der Waals surface area contributed by atoms with Crippen LogP contribution in [0, 0.1) is 5.92 Å². The van der Waals surface area contributed by atoms with E-state index in [1.807, 2.05) is 41.3 Å². The standard InChI is InChI=1S/C24H25ClN4O2/c25-20-5-2-1-4-19(20)14-21(30)29-13-3-10-24(16-29,15-17-6-7-17)23-27-22(31-28-23)18-8-11-26-12-9-18/h1-2,4-5,8-9,11-12,17H,3,6-7,10,13-16H2. The Morgan fingerprint density at radius 3 is 2.77 bits per heavy atom. The molecule has 7 heteroatoms. The Hall–Kier alpha value is -2.73. The number of nitrogens with zero attached hydrogens (tertiary/aromatic N) is 4. The van der Waals surface area contributed by atoms with Gasteiger partial charge in [-0.2, -0.15) is 4.98 Å². The van der Waals surface area contributed by atoms with Gasteiger partial charge in [-0.05, 0) is 48.9 Å². The van der Waals surface area contributed by atoms with E-state index in [4.69, 9.17) is 21.1 Å². The van der Waals surface area contributed by atoms with Crippen LogP contribution in [0.4, 0.5) is 0 Å². The number of carbonyl (C=O) groups is 1. The molecule has 1 aliphatic heterocycles. The second-order valence-electron chi connectivity index (χ2n) is 8.77. The van der Waals surface area contributed by atoms with E-state index in [1.54, 1.807) is 12.4 Å². The second kappa shape index (κ2) is 8.42. The van der Waals surface area contributed by atoms with Crippen LogP contribution >= 0.6 is 11.6 Å². The number of aromatic nitrogens is 3. The number of hydrogen-bond donors (Lipinski definition) is 0. The van der Waals surface area contributed by atoms with Crippen molar-refractivity contribution in [3.8, 4) is 11.5 Å². The number of pyridine rings is 1. The fourth-order valence-corrected chi connectivity index (χ4v) is 4.83. The smallest absolute Gasteiger partial charge is 0.258 e. The van der Waals surface area contributed by atoms with Gasteiger partial charge in [0.1, 0.15) is 0 Å². The van der Waals surface area contributed by atoms with Gasteiger partial charge in [-0.1, -0.05) is 47.8 Å². The fraction of sp³-hybridized carbons (Fsp3) is 0.417. The van der Waals surface area contributed by atoms with E-state index in [2.05, 4.69) is 10.1 Å². The van der Waals surface area contributed by atoms with Crippen molar-refractivity contribution in [2.24, 2.45) is 5.92 Å². The number of benzene rings is 1. The van der Waals surface area contributed by atoms with Crippen LogP contribution in [0.25, 0.3) is 11.5 Å². The lowest BCUT2D eigenvalue weighted by molar-refractivity contribution is -0.133. The number of hydrogen-bond acceptors (Lipinski definition) is 5. The molecule has 1 atom stereocenters. The zero-order valence-corrected chi connectivity index (χ0v) is 18.1. The lowest BCUT2D eigenvalue weighted by atomic mass is 9.74. The van der Waals surface area contributed by atoms with Crippen LogP contribution in [0.5, 0.6) is 0 Å². The summed E-state index contributed by atoms with van der Waals surface area (Å²) in [6.07, 6.45) is 9.12. The van der Waals surface area contributed by atoms with Crippen LogP contribution in [-0.2, 0) is 16.6 Å². The topological polar surface area (TPSA) is 72.1 Å². The fourth-order valence-electron chi connectivity index (χ4n) is 4.63. The first-order chi connectivity index (χ1) is 15.1. The highest BCUT2D eigenvalue weighted by atomic mass is 35.5. The molecule has 1 amide bonds. The molecule has 1 saturated carbocycles. The Labute approximate surface area is 186 Å². The molecule has 1 saturated heterocycles. The highest BCUT2D eigenvalue weighted by Crippen LogP contribution is 2.46. The number of halogens is 1. The van der Waals surface area contributed by atoms with Crippen LogP contribution in [0.2, 0.25) is 5.02 Å². The van der Waals surface area contributed by atoms with Gasteiger partial charge in [0, 0.05) is 36.1 Å². The van der Waals surface area contributed by atoms with E-state index < -0.39 is 0 Å². The van der Waals surface area contributed by atoms with Gasteiger partial charge >= 0.3 is 0 Å². The minimum absolute atomic E-state index is 0.103. The zero-order chi connectivity index (χ0) is 21.3. The molecule has 5 rings (SSSR count). The number of likely N-dealkylation sites (tertiary alicyclic amines) is 1. The highest BCUT2D eigenvalue weighted by molar-refractivity contribution is 6.31. The Bertz CT molecular complexity index is 1070. The molecule has 1 aromatic carbocycles. The van der Waals surface area contributed by atoms with Crippen molar-refractivity contribution < 1.29 is 9.32 Å². The van der Waals surface area contributed by atoms with Gasteiger partial charge in [-0.25, -0.2) is 0 Å². The van der Waals surface area contributed by atoms with Crippen molar-refractivity contribution in [3.63, 3.8) is 0 Å². The first-order valence-corrected chi connectivity index (χ1v) is 11.3. The summed E-state index contributed by atoms with van der Waals surface area (Å²) >= 11 is 6.29. The van der Waals surface area contributed by atoms with Gasteiger partial charge < -0.3 is 9.42 Å². The molecule has 0 radical (unpaired) electrons. The van der Waals surface area contributed by atoms with Crippen LogP contribution in [0.3, 0.4) is 0 Å². The molecular weight excluding hydrogens is 412 g/mol. The quantitative estimate of drug-likeness (QED) is 0.560. The van der Waals surface area contributed by atoms with E-state index >= 15 is 0 Å². The zero-order valence-electron chi connectivity index (χ0n) is 17.3. The maximum absolute atomic E-state index is 13.2. The maximum Gasteiger partial charge on any atom is 0.258 e. The molecule has 2 aliphatic rings. The predicted molar refractivity (Wildman–Crippen MR) is 118 cm³/mol. The Balaban J connectivity index is 1.40. The van der Waals surface area contributed by atoms with E-state index in [0.29, 0.717) is 29.8 Å². The van der Waals surface area contributed by atoms with Crippen LogP contribution in [0.1, 0.15) is 43.5 Å². The molecule has 3 heterocycles. The summed E-state index contributed by atoms with van der Waals surface area (Å²) in [5.74, 6) is 2.01. The Morgan fingerprint density at radius 2 is 2.00 bits per heavy atom. The predicted octanol–water partition coefficient (Wildman–Crippen LogP) is 4.69. The van der Waals surface area contributed by atoms with Crippen molar-refractivity contribution in [3.05, 3.63) is 65.2 Å². The molecule has 0 N–H and O–H groups in total. The molecule has 160 valence electrons. The summed E-state index contributed by atoms with van der Waals surface area (Å²) in [7, 11) is 0. The third-order valence-electron chi connectivity index (χ3n) is 6.43. The van der Waals surface area contributed by atoms with Crippen molar-refractivity contribution in [2.45, 2.75) is 43.9 Å². The average Bonchev–Trinajstić information content (AvgIpc) is 3.46. The van der Waals surface area contributed by atoms with Crippen LogP contribution < -0.4 is 0 Å². The lowest BCUT2D eigenvalue weighted by Crippen LogP contribution is -2.49. The van der Waals surface area contributed by atoms with Crippen LogP contribution in [-0.4, -0.2) is 39.0 Å². The van der Waals surface area contributed by atoms with E-state index in [9.17, 15) is 4.79 Å². The Morgan fingerprint density at radius 1 is 1.19 bits per heavy atom. The van der Waals surface area contributed by atoms with E-state index in [0.717, 1.165) is 42.8 Å². The second-order valence-corrected chi connectivity index (χ2v) is 9.18. The van der Waals surface area contributed by atoms with Gasteiger partial charge in [-0.3, -0.25) is 9.78 Å². The van der Waals surface area contributed by atoms with E-state index in [1.165, 1.54) is 12.8 Å². The third kappa shape index (κ3) is 4.35. The summed E-state index contributed by atoms with van der Waals surface area (Å²) in [4.78, 5) is 24.0. The molecule has 0 spiro atoms. The minimum Gasteiger partial charge on any atom is -0.341 e. The normalized spacial score (nSPS) is 21.3. The molecule has 2 aromatic heterocycles. The molecule has 3 aromatic rings. The van der Waals surface area contributed by atoms with Crippen molar-refractivity contribution in [2.75, 3.05) is 13.1 Å². The third-order valence-corrected chi connectivity index (χ3v) is 6.80. The highest BCUT2D eigenvalue weighted by Gasteiger charge is 2.45. The summed E-state index contributed by atoms with van der Waals surface area (Å²) in [5.41, 5.74) is 1.47. The van der Waals surface area contributed by atoms with Gasteiger partial charge in [0.15, 0.2) is 5.82 Å². The first kappa shape index (κ1) is 20.2. The molecule has 1 unspecified atom stereocenters. The van der Waals surface area contributed by atoms with Gasteiger partial charge in [0.25, 0.3) is 5.89 Å². The number of amides is 1. The molecular formula is C24H25ClN4O2. The largest absolute Gasteiger partial charge is 0.341 e. The molecule has 6 nitrogen and oxygen atoms in total. The SMILES string of the molecule is O=C(Cc1ccccc1Cl)N1CCCC(CC2CC2)(c2noc(-c3ccncc3)n2)C1. The average molecular weight is 437 g/mol. The van der Waals surface area contributed by atoms with Crippen LogP contribution in [0.15, 0.2) is 53.3 Å². The first-order valence-electron chi connectivity index (χ1n) is 10.9. The summed E-state index contributed by atoms with van der Waals surface area (Å²) in [5, 5.41) is 5.03.